The summed E-state index contributed by atoms with van der Waals surface area (Å²) in [7, 11) is 2.91. The fraction of sp³-hybridized carbons (Fsp3) is 0.350. The third-order valence-electron chi connectivity index (χ3n) is 5.30. The van der Waals surface area contributed by atoms with Crippen LogP contribution in [0.4, 0.5) is 11.4 Å². The highest BCUT2D eigenvalue weighted by atomic mass is 16.2. The zero-order valence-corrected chi connectivity index (χ0v) is 16.8. The molecule has 0 atom stereocenters. The van der Waals surface area contributed by atoms with Crippen molar-refractivity contribution in [2.24, 2.45) is 14.1 Å². The van der Waals surface area contributed by atoms with Crippen molar-refractivity contribution in [3.8, 4) is 0 Å². The van der Waals surface area contributed by atoms with E-state index in [1.807, 2.05) is 6.07 Å². The summed E-state index contributed by atoms with van der Waals surface area (Å²) in [5, 5.41) is 2.80. The van der Waals surface area contributed by atoms with Gasteiger partial charge < -0.3 is 14.8 Å². The Morgan fingerprint density at radius 1 is 1.13 bits per heavy atom. The summed E-state index contributed by atoms with van der Waals surface area (Å²) in [4.78, 5) is 55.1. The highest BCUT2D eigenvalue weighted by molar-refractivity contribution is 5.96. The molecule has 0 saturated carbocycles. The number of piperidine rings is 1. The Balaban J connectivity index is 1.56. The number of aromatic nitrogens is 4. The van der Waals surface area contributed by atoms with Crippen LogP contribution in [-0.2, 0) is 30.2 Å². The number of carbonyl (C=O) groups excluding carboxylic acids is 2. The van der Waals surface area contributed by atoms with Crippen molar-refractivity contribution in [1.29, 1.82) is 0 Å². The van der Waals surface area contributed by atoms with E-state index in [-0.39, 0.29) is 29.5 Å². The van der Waals surface area contributed by atoms with E-state index in [1.165, 1.54) is 29.6 Å². The average molecular weight is 410 g/mol. The van der Waals surface area contributed by atoms with Crippen LogP contribution in [0.1, 0.15) is 19.3 Å². The number of hydrogen-bond donors (Lipinski definition) is 1. The minimum absolute atomic E-state index is 0.0797. The molecule has 1 saturated heterocycles. The van der Waals surface area contributed by atoms with Gasteiger partial charge in [-0.05, 0) is 31.0 Å². The number of imidazole rings is 1. The molecule has 3 aromatic rings. The average Bonchev–Trinajstić information content (AvgIpc) is 3.14. The lowest BCUT2D eigenvalue weighted by atomic mass is 10.1. The van der Waals surface area contributed by atoms with Crippen LogP contribution in [0.15, 0.2) is 40.2 Å². The maximum absolute atomic E-state index is 12.6. The van der Waals surface area contributed by atoms with Gasteiger partial charge in [-0.3, -0.25) is 23.5 Å². The van der Waals surface area contributed by atoms with Gasteiger partial charge in [0.2, 0.25) is 11.8 Å². The monoisotopic (exact) mass is 410 g/mol. The van der Waals surface area contributed by atoms with Crippen LogP contribution < -0.4 is 21.5 Å². The van der Waals surface area contributed by atoms with Gasteiger partial charge in [-0.2, -0.15) is 0 Å². The van der Waals surface area contributed by atoms with Crippen molar-refractivity contribution >= 4 is 34.4 Å². The molecule has 1 aliphatic heterocycles. The van der Waals surface area contributed by atoms with Gasteiger partial charge >= 0.3 is 5.69 Å². The van der Waals surface area contributed by atoms with E-state index < -0.39 is 11.2 Å². The Hall–Kier alpha value is -3.69. The third-order valence-corrected chi connectivity index (χ3v) is 5.30. The van der Waals surface area contributed by atoms with E-state index in [0.717, 1.165) is 23.1 Å². The normalized spacial score (nSPS) is 14.3. The molecular weight excluding hydrogens is 388 g/mol. The Bertz CT molecular complexity index is 1270. The first kappa shape index (κ1) is 19.6. The van der Waals surface area contributed by atoms with Crippen molar-refractivity contribution in [3.63, 3.8) is 0 Å². The second-order valence-corrected chi connectivity index (χ2v) is 7.35. The highest BCUT2D eigenvalue weighted by Gasteiger charge is 2.20. The first-order valence-corrected chi connectivity index (χ1v) is 9.68. The molecule has 2 aromatic heterocycles. The van der Waals surface area contributed by atoms with Gasteiger partial charge in [0.25, 0.3) is 5.56 Å². The van der Waals surface area contributed by atoms with Gasteiger partial charge in [-0.25, -0.2) is 9.78 Å². The molecule has 1 N–H and O–H groups in total. The predicted molar refractivity (Wildman–Crippen MR) is 111 cm³/mol. The van der Waals surface area contributed by atoms with Crippen molar-refractivity contribution < 1.29 is 9.59 Å². The number of anilines is 2. The fourth-order valence-corrected chi connectivity index (χ4v) is 3.70. The van der Waals surface area contributed by atoms with Crippen LogP contribution in [-0.4, -0.2) is 37.0 Å². The van der Waals surface area contributed by atoms with E-state index in [4.69, 9.17) is 0 Å². The molecule has 10 nitrogen and oxygen atoms in total. The molecule has 2 amide bonds. The molecule has 0 aliphatic carbocycles. The first-order valence-electron chi connectivity index (χ1n) is 9.68. The lowest BCUT2D eigenvalue weighted by Gasteiger charge is -2.27. The molecule has 10 heteroatoms. The molecule has 4 rings (SSSR count). The number of fused-ring (bicyclic) bond motifs is 1. The molecule has 156 valence electrons. The van der Waals surface area contributed by atoms with E-state index in [2.05, 4.69) is 10.3 Å². The standard InChI is InChI=1S/C20H22N6O4/c1-23-18-17(19(29)24(2)20(23)30)25(12-21-18)11-15(27)22-13-6-5-7-14(10-13)26-9-4-3-8-16(26)28/h5-7,10,12H,3-4,8-9,11H2,1-2H3,(H,22,27). The Morgan fingerprint density at radius 2 is 1.93 bits per heavy atom. The van der Waals surface area contributed by atoms with E-state index in [9.17, 15) is 19.2 Å². The topological polar surface area (TPSA) is 111 Å². The molecule has 1 aromatic carbocycles. The lowest BCUT2D eigenvalue weighted by molar-refractivity contribution is -0.119. The quantitative estimate of drug-likeness (QED) is 0.677. The van der Waals surface area contributed by atoms with Crippen LogP contribution in [0.5, 0.6) is 0 Å². The summed E-state index contributed by atoms with van der Waals surface area (Å²) in [5.41, 5.74) is 0.717. The van der Waals surface area contributed by atoms with E-state index in [1.54, 1.807) is 23.1 Å². The number of nitrogens with one attached hydrogen (secondary N) is 1. The summed E-state index contributed by atoms with van der Waals surface area (Å²) in [6, 6.07) is 7.12. The molecular formula is C20H22N6O4. The third kappa shape index (κ3) is 3.40. The number of rotatable bonds is 4. The summed E-state index contributed by atoms with van der Waals surface area (Å²) in [5.74, 6) is -0.275. The summed E-state index contributed by atoms with van der Waals surface area (Å²) < 4.78 is 3.67. The lowest BCUT2D eigenvalue weighted by Crippen LogP contribution is -2.37. The first-order chi connectivity index (χ1) is 14.4. The second kappa shape index (κ2) is 7.62. The number of benzene rings is 1. The van der Waals surface area contributed by atoms with Gasteiger partial charge in [0, 0.05) is 38.4 Å². The zero-order valence-electron chi connectivity index (χ0n) is 16.8. The molecule has 1 aliphatic rings. The number of aryl methyl sites for hydroxylation is 1. The van der Waals surface area contributed by atoms with Crippen LogP contribution >= 0.6 is 0 Å². The van der Waals surface area contributed by atoms with Gasteiger partial charge in [-0.15, -0.1) is 0 Å². The molecule has 30 heavy (non-hydrogen) atoms. The summed E-state index contributed by atoms with van der Waals surface area (Å²) >= 11 is 0. The maximum atomic E-state index is 12.6. The molecule has 3 heterocycles. The van der Waals surface area contributed by atoms with Gasteiger partial charge in [0.1, 0.15) is 6.54 Å². The molecule has 0 bridgehead atoms. The SMILES string of the molecule is Cn1c(=O)c2c(ncn2CC(=O)Nc2cccc(N3CCCCC3=O)c2)n(C)c1=O. The molecule has 0 radical (unpaired) electrons. The smallest absolute Gasteiger partial charge is 0.324 e. The number of amides is 2. The fourth-order valence-electron chi connectivity index (χ4n) is 3.70. The zero-order chi connectivity index (χ0) is 21.4. The number of carbonyl (C=O) groups is 2. The Kier molecular flexibility index (Phi) is 4.98. The molecule has 1 fully saturated rings. The van der Waals surface area contributed by atoms with Gasteiger partial charge in [0.05, 0.1) is 6.33 Å². The van der Waals surface area contributed by atoms with Gasteiger partial charge in [0.15, 0.2) is 11.2 Å². The molecule has 0 spiro atoms. The minimum atomic E-state index is -0.510. The van der Waals surface area contributed by atoms with Crippen LogP contribution in [0.2, 0.25) is 0 Å². The van der Waals surface area contributed by atoms with E-state index >= 15 is 0 Å². The predicted octanol–water partition coefficient (Wildman–Crippen LogP) is 0.589. The van der Waals surface area contributed by atoms with Crippen molar-refractivity contribution in [2.75, 3.05) is 16.8 Å². The van der Waals surface area contributed by atoms with E-state index in [0.29, 0.717) is 18.7 Å². The van der Waals surface area contributed by atoms with Crippen molar-refractivity contribution in [2.45, 2.75) is 25.8 Å². The number of nitrogens with zero attached hydrogens (tertiary/aromatic N) is 5. The number of hydrogen-bond acceptors (Lipinski definition) is 5. The van der Waals surface area contributed by atoms with Crippen LogP contribution in [0.3, 0.4) is 0 Å². The molecule has 0 unspecified atom stereocenters. The Labute approximate surface area is 171 Å². The van der Waals surface area contributed by atoms with Gasteiger partial charge in [-0.1, -0.05) is 6.07 Å². The Morgan fingerprint density at radius 3 is 2.70 bits per heavy atom. The van der Waals surface area contributed by atoms with Crippen LogP contribution in [0, 0.1) is 0 Å². The minimum Gasteiger partial charge on any atom is -0.324 e. The van der Waals surface area contributed by atoms with Crippen molar-refractivity contribution in [1.82, 2.24) is 18.7 Å². The maximum Gasteiger partial charge on any atom is 0.332 e. The van der Waals surface area contributed by atoms with Crippen molar-refractivity contribution in [3.05, 3.63) is 51.4 Å². The summed E-state index contributed by atoms with van der Waals surface area (Å²) in [6.07, 6.45) is 3.75. The second-order valence-electron chi connectivity index (χ2n) is 7.35. The largest absolute Gasteiger partial charge is 0.332 e. The summed E-state index contributed by atoms with van der Waals surface area (Å²) in [6.45, 7) is 0.524. The van der Waals surface area contributed by atoms with Crippen LogP contribution in [0.25, 0.3) is 11.2 Å². The highest BCUT2D eigenvalue weighted by Crippen LogP contribution is 2.24.